The third-order valence-electron chi connectivity index (χ3n) is 4.47. The molecule has 1 aromatic carbocycles. The Morgan fingerprint density at radius 2 is 2.09 bits per heavy atom. The number of aromatic amines is 1. The van der Waals surface area contributed by atoms with Gasteiger partial charge >= 0.3 is 0 Å². The first-order chi connectivity index (χ1) is 10.9. The summed E-state index contributed by atoms with van der Waals surface area (Å²) in [5.41, 5.74) is 2.40. The monoisotopic (exact) mass is 312 g/mol. The highest BCUT2D eigenvalue weighted by Crippen LogP contribution is 2.25. The minimum atomic E-state index is 0.784. The van der Waals surface area contributed by atoms with Gasteiger partial charge in [0.1, 0.15) is 5.01 Å². The Labute approximate surface area is 134 Å². The fraction of sp³-hybridized carbons (Fsp3) is 0.412. The zero-order chi connectivity index (χ0) is 14.8. The van der Waals surface area contributed by atoms with Crippen LogP contribution in [0, 0.1) is 5.92 Å². The second-order valence-electron chi connectivity index (χ2n) is 6.08. The molecule has 0 bridgehead atoms. The van der Waals surface area contributed by atoms with Crippen LogP contribution in [0.5, 0.6) is 0 Å². The summed E-state index contributed by atoms with van der Waals surface area (Å²) >= 11 is 1.83. The molecule has 2 aromatic heterocycles. The number of thiazole rings is 1. The summed E-state index contributed by atoms with van der Waals surface area (Å²) < 4.78 is 1.30. The maximum absolute atomic E-state index is 4.75. The number of benzene rings is 1. The Kier molecular flexibility index (Phi) is 3.91. The Hall–Kier alpha value is -1.72. The maximum Gasteiger partial charge on any atom is 0.108 e. The summed E-state index contributed by atoms with van der Waals surface area (Å²) in [7, 11) is 0. The fourth-order valence-corrected chi connectivity index (χ4v) is 4.24. The van der Waals surface area contributed by atoms with Crippen LogP contribution in [-0.4, -0.2) is 32.9 Å². The molecule has 1 aliphatic heterocycles. The molecule has 1 saturated heterocycles. The third-order valence-corrected chi connectivity index (χ3v) is 5.49. The van der Waals surface area contributed by atoms with Crippen molar-refractivity contribution in [2.75, 3.05) is 13.1 Å². The molecule has 4 nitrogen and oxygen atoms in total. The van der Waals surface area contributed by atoms with E-state index in [1.165, 1.54) is 41.3 Å². The topological polar surface area (TPSA) is 44.8 Å². The number of nitrogens with zero attached hydrogens (tertiary/aromatic N) is 3. The summed E-state index contributed by atoms with van der Waals surface area (Å²) in [6.45, 7) is 3.35. The standard InChI is InChI=1S/C17H20N4S/c1-2-4-16-15(3-1)20-17(22-16)11-21-7-5-13(6-8-21)9-14-10-18-12-19-14/h1-4,10,12-13H,5-9,11H2,(H,18,19). The number of piperidine rings is 1. The van der Waals surface area contributed by atoms with Crippen LogP contribution in [-0.2, 0) is 13.0 Å². The van der Waals surface area contributed by atoms with Gasteiger partial charge in [-0.1, -0.05) is 12.1 Å². The molecule has 0 aliphatic carbocycles. The number of nitrogens with one attached hydrogen (secondary N) is 1. The molecule has 1 N–H and O–H groups in total. The third kappa shape index (κ3) is 3.05. The molecular weight excluding hydrogens is 292 g/mol. The first kappa shape index (κ1) is 13.9. The number of para-hydroxylation sites is 1. The van der Waals surface area contributed by atoms with Crippen LogP contribution >= 0.6 is 11.3 Å². The maximum atomic E-state index is 4.75. The van der Waals surface area contributed by atoms with Crippen molar-refractivity contribution in [1.82, 2.24) is 19.9 Å². The minimum Gasteiger partial charge on any atom is -0.348 e. The van der Waals surface area contributed by atoms with Crippen LogP contribution in [0.4, 0.5) is 0 Å². The Bertz CT molecular complexity index is 693. The van der Waals surface area contributed by atoms with E-state index in [2.05, 4.69) is 39.1 Å². The molecule has 0 spiro atoms. The first-order valence-corrected chi connectivity index (χ1v) is 8.72. The van der Waals surface area contributed by atoms with Gasteiger partial charge in [0, 0.05) is 11.9 Å². The molecule has 0 atom stereocenters. The zero-order valence-corrected chi connectivity index (χ0v) is 13.4. The van der Waals surface area contributed by atoms with Crippen molar-refractivity contribution in [3.8, 4) is 0 Å². The lowest BCUT2D eigenvalue weighted by molar-refractivity contribution is 0.176. The van der Waals surface area contributed by atoms with E-state index in [4.69, 9.17) is 4.98 Å². The smallest absolute Gasteiger partial charge is 0.108 e. The molecule has 3 heterocycles. The molecule has 0 amide bonds. The van der Waals surface area contributed by atoms with Crippen molar-refractivity contribution in [1.29, 1.82) is 0 Å². The number of H-pyrrole nitrogens is 1. The van der Waals surface area contributed by atoms with Gasteiger partial charge in [0.15, 0.2) is 0 Å². The second-order valence-corrected chi connectivity index (χ2v) is 7.19. The lowest BCUT2D eigenvalue weighted by atomic mass is 9.92. The van der Waals surface area contributed by atoms with E-state index in [0.29, 0.717) is 0 Å². The van der Waals surface area contributed by atoms with Crippen molar-refractivity contribution in [3.63, 3.8) is 0 Å². The molecule has 1 aliphatic rings. The summed E-state index contributed by atoms with van der Waals surface area (Å²) in [6.07, 6.45) is 7.40. The van der Waals surface area contributed by atoms with Crippen molar-refractivity contribution < 1.29 is 0 Å². The van der Waals surface area contributed by atoms with Gasteiger partial charge in [-0.05, 0) is 50.4 Å². The molecule has 22 heavy (non-hydrogen) atoms. The van der Waals surface area contributed by atoms with E-state index in [1.807, 2.05) is 17.5 Å². The van der Waals surface area contributed by atoms with Crippen LogP contribution in [0.2, 0.25) is 0 Å². The van der Waals surface area contributed by atoms with Crippen molar-refractivity contribution >= 4 is 21.6 Å². The van der Waals surface area contributed by atoms with Crippen LogP contribution in [0.25, 0.3) is 10.2 Å². The average molecular weight is 312 g/mol. The largest absolute Gasteiger partial charge is 0.348 e. The van der Waals surface area contributed by atoms with E-state index in [-0.39, 0.29) is 0 Å². The van der Waals surface area contributed by atoms with Gasteiger partial charge in [0.25, 0.3) is 0 Å². The van der Waals surface area contributed by atoms with Crippen LogP contribution in [0.3, 0.4) is 0 Å². The quantitative estimate of drug-likeness (QED) is 0.802. The average Bonchev–Trinajstić information content (AvgIpc) is 3.18. The summed E-state index contributed by atoms with van der Waals surface area (Å²) in [4.78, 5) is 14.6. The number of hydrogen-bond acceptors (Lipinski definition) is 4. The highest BCUT2D eigenvalue weighted by molar-refractivity contribution is 7.18. The normalized spacial score (nSPS) is 17.3. The predicted molar refractivity (Wildman–Crippen MR) is 89.9 cm³/mol. The first-order valence-electron chi connectivity index (χ1n) is 7.91. The number of likely N-dealkylation sites (tertiary alicyclic amines) is 1. The van der Waals surface area contributed by atoms with E-state index in [1.54, 1.807) is 6.33 Å². The molecule has 0 saturated carbocycles. The van der Waals surface area contributed by atoms with Gasteiger partial charge in [-0.3, -0.25) is 4.90 Å². The second kappa shape index (κ2) is 6.18. The minimum absolute atomic E-state index is 0.784. The van der Waals surface area contributed by atoms with Crippen molar-refractivity contribution in [3.05, 3.63) is 47.5 Å². The van der Waals surface area contributed by atoms with E-state index >= 15 is 0 Å². The number of rotatable bonds is 4. The van der Waals surface area contributed by atoms with E-state index in [9.17, 15) is 0 Å². The number of fused-ring (bicyclic) bond motifs is 1. The predicted octanol–water partition coefficient (Wildman–Crippen LogP) is 3.47. The van der Waals surface area contributed by atoms with Gasteiger partial charge < -0.3 is 4.98 Å². The lowest BCUT2D eigenvalue weighted by Gasteiger charge is -2.31. The Morgan fingerprint density at radius 1 is 1.23 bits per heavy atom. The SMILES string of the molecule is c1ccc2sc(CN3CCC(Cc4cnc[nH]4)CC3)nc2c1. The van der Waals surface area contributed by atoms with E-state index < -0.39 is 0 Å². The molecule has 0 radical (unpaired) electrons. The van der Waals surface area contributed by atoms with Gasteiger partial charge in [0.05, 0.1) is 23.1 Å². The summed E-state index contributed by atoms with van der Waals surface area (Å²) in [5.74, 6) is 0.784. The Morgan fingerprint density at radius 3 is 2.86 bits per heavy atom. The summed E-state index contributed by atoms with van der Waals surface area (Å²) in [5, 5.41) is 1.24. The zero-order valence-electron chi connectivity index (χ0n) is 12.5. The molecular formula is C17H20N4S. The highest BCUT2D eigenvalue weighted by Gasteiger charge is 2.20. The van der Waals surface area contributed by atoms with Crippen LogP contribution in [0.1, 0.15) is 23.5 Å². The number of imidazole rings is 1. The molecule has 3 aromatic rings. The van der Waals surface area contributed by atoms with Gasteiger partial charge in [-0.2, -0.15) is 0 Å². The Balaban J connectivity index is 1.33. The number of aromatic nitrogens is 3. The van der Waals surface area contributed by atoms with Gasteiger partial charge in [0.2, 0.25) is 0 Å². The number of hydrogen-bond donors (Lipinski definition) is 1. The van der Waals surface area contributed by atoms with Gasteiger partial charge in [-0.25, -0.2) is 9.97 Å². The van der Waals surface area contributed by atoms with Crippen molar-refractivity contribution in [2.24, 2.45) is 5.92 Å². The molecule has 114 valence electrons. The van der Waals surface area contributed by atoms with Crippen LogP contribution < -0.4 is 0 Å². The molecule has 4 rings (SSSR count). The highest BCUT2D eigenvalue weighted by atomic mass is 32.1. The molecule has 0 unspecified atom stereocenters. The summed E-state index contributed by atoms with van der Waals surface area (Å²) in [6, 6.07) is 8.41. The molecule has 1 fully saturated rings. The van der Waals surface area contributed by atoms with Gasteiger partial charge in [-0.15, -0.1) is 11.3 Å². The van der Waals surface area contributed by atoms with Crippen molar-refractivity contribution in [2.45, 2.75) is 25.8 Å². The van der Waals surface area contributed by atoms with E-state index in [0.717, 1.165) is 24.4 Å². The fourth-order valence-electron chi connectivity index (χ4n) is 3.23. The van der Waals surface area contributed by atoms with Crippen LogP contribution in [0.15, 0.2) is 36.8 Å². The molecule has 5 heteroatoms. The lowest BCUT2D eigenvalue weighted by Crippen LogP contribution is -2.33.